The number of nitrogens with zero attached hydrogens (tertiary/aromatic N) is 1. The number of aryl methyl sites for hydroxylation is 1. The van der Waals surface area contributed by atoms with Crippen LogP contribution >= 0.6 is 15.9 Å². The Balaban J connectivity index is 2.17. The van der Waals surface area contributed by atoms with E-state index >= 15 is 0 Å². The molecule has 1 amide bonds. The monoisotopic (exact) mass is 397 g/mol. The van der Waals surface area contributed by atoms with E-state index in [9.17, 15) is 10.1 Å². The largest absolute Gasteiger partial charge is 0.360 e. The summed E-state index contributed by atoms with van der Waals surface area (Å²) >= 11 is 3.41. The molecular weight excluding hydrogens is 378 g/mol. The van der Waals surface area contributed by atoms with Crippen molar-refractivity contribution in [3.05, 3.63) is 69.8 Å². The van der Waals surface area contributed by atoms with E-state index in [4.69, 9.17) is 0 Å². The minimum Gasteiger partial charge on any atom is -0.360 e. The van der Waals surface area contributed by atoms with Gasteiger partial charge in [0.15, 0.2) is 0 Å². The second-order valence-corrected chi connectivity index (χ2v) is 6.89. The number of hydrogen-bond acceptors (Lipinski definition) is 3. The molecule has 0 spiro atoms. The molecule has 0 heterocycles. The number of halogens is 1. The van der Waals surface area contributed by atoms with Crippen molar-refractivity contribution >= 4 is 33.2 Å². The van der Waals surface area contributed by atoms with Gasteiger partial charge in [0.2, 0.25) is 0 Å². The van der Waals surface area contributed by atoms with Crippen LogP contribution in [0.4, 0.5) is 11.4 Å². The molecule has 0 aliphatic rings. The highest BCUT2D eigenvalue weighted by molar-refractivity contribution is 9.10. The zero-order chi connectivity index (χ0) is 18.4. The summed E-state index contributed by atoms with van der Waals surface area (Å²) in [4.78, 5) is 12.4. The average molecular weight is 398 g/mol. The zero-order valence-electron chi connectivity index (χ0n) is 14.4. The van der Waals surface area contributed by atoms with Gasteiger partial charge in [0.05, 0.1) is 0 Å². The number of carbonyl (C=O) groups is 1. The lowest BCUT2D eigenvalue weighted by Gasteiger charge is -2.13. The summed E-state index contributed by atoms with van der Waals surface area (Å²) in [5.74, 6) is -0.160. The first-order valence-corrected chi connectivity index (χ1v) is 8.75. The van der Waals surface area contributed by atoms with Crippen molar-refractivity contribution in [3.63, 3.8) is 0 Å². The van der Waals surface area contributed by atoms with Gasteiger partial charge in [-0.05, 0) is 48.2 Å². The van der Waals surface area contributed by atoms with Crippen molar-refractivity contribution in [2.75, 3.05) is 10.6 Å². The van der Waals surface area contributed by atoms with Crippen LogP contribution in [0.2, 0.25) is 0 Å². The van der Waals surface area contributed by atoms with E-state index < -0.39 is 5.91 Å². The van der Waals surface area contributed by atoms with Crippen LogP contribution in [0.25, 0.3) is 0 Å². The molecule has 0 unspecified atom stereocenters. The second kappa shape index (κ2) is 8.50. The number of hydrogen-bond donors (Lipinski definition) is 2. The van der Waals surface area contributed by atoms with Crippen molar-refractivity contribution in [2.45, 2.75) is 26.7 Å². The van der Waals surface area contributed by atoms with Gasteiger partial charge >= 0.3 is 0 Å². The predicted molar refractivity (Wildman–Crippen MR) is 105 cm³/mol. The van der Waals surface area contributed by atoms with E-state index in [1.807, 2.05) is 55.5 Å². The Labute approximate surface area is 156 Å². The minimum absolute atomic E-state index is 0.0147. The van der Waals surface area contributed by atoms with Crippen LogP contribution in [0.1, 0.15) is 30.9 Å². The average Bonchev–Trinajstić information content (AvgIpc) is 2.57. The van der Waals surface area contributed by atoms with Gasteiger partial charge in [-0.25, -0.2) is 0 Å². The lowest BCUT2D eigenvalue weighted by Crippen LogP contribution is -2.16. The number of benzene rings is 2. The van der Waals surface area contributed by atoms with Crippen molar-refractivity contribution in [1.82, 2.24) is 0 Å². The molecule has 4 nitrogen and oxygen atoms in total. The van der Waals surface area contributed by atoms with Crippen LogP contribution in [0, 0.1) is 18.3 Å². The predicted octanol–water partition coefficient (Wildman–Crippen LogP) is 5.34. The van der Waals surface area contributed by atoms with Gasteiger partial charge in [0.1, 0.15) is 11.6 Å². The molecule has 0 fully saturated rings. The molecule has 0 bridgehead atoms. The summed E-state index contributed by atoms with van der Waals surface area (Å²) in [6, 6.07) is 15.3. The van der Waals surface area contributed by atoms with Crippen LogP contribution in [0.3, 0.4) is 0 Å². The highest BCUT2D eigenvalue weighted by Gasteiger charge is 2.13. The van der Waals surface area contributed by atoms with Gasteiger partial charge in [-0.15, -0.1) is 0 Å². The number of rotatable bonds is 5. The highest BCUT2D eigenvalue weighted by atomic mass is 79.9. The fraction of sp³-hybridized carbons (Fsp3) is 0.200. The molecule has 2 N–H and O–H groups in total. The van der Waals surface area contributed by atoms with Gasteiger partial charge in [0.25, 0.3) is 5.91 Å². The summed E-state index contributed by atoms with van der Waals surface area (Å²) in [6.07, 6.45) is 1.43. The minimum atomic E-state index is -0.433. The molecule has 0 radical (unpaired) electrons. The summed E-state index contributed by atoms with van der Waals surface area (Å²) in [6.45, 7) is 6.07. The Kier molecular flexibility index (Phi) is 6.37. The molecule has 128 valence electrons. The summed E-state index contributed by atoms with van der Waals surface area (Å²) in [7, 11) is 0. The second-order valence-electron chi connectivity index (χ2n) is 5.97. The van der Waals surface area contributed by atoms with E-state index in [1.54, 1.807) is 0 Å². The molecule has 25 heavy (non-hydrogen) atoms. The molecule has 0 aliphatic heterocycles. The van der Waals surface area contributed by atoms with Crippen LogP contribution in [0.15, 0.2) is 58.7 Å². The molecule has 2 aromatic rings. The van der Waals surface area contributed by atoms with Crippen molar-refractivity contribution < 1.29 is 4.79 Å². The first-order valence-electron chi connectivity index (χ1n) is 7.95. The maximum Gasteiger partial charge on any atom is 0.267 e. The quantitative estimate of drug-likeness (QED) is 0.528. The number of para-hydroxylation sites is 1. The Morgan fingerprint density at radius 1 is 1.20 bits per heavy atom. The molecule has 2 rings (SSSR count). The maximum absolute atomic E-state index is 12.4. The summed E-state index contributed by atoms with van der Waals surface area (Å²) in [5.41, 5.74) is 3.62. The van der Waals surface area contributed by atoms with Gasteiger partial charge < -0.3 is 10.6 Å². The van der Waals surface area contributed by atoms with Crippen LogP contribution in [-0.4, -0.2) is 5.91 Å². The third-order valence-corrected chi connectivity index (χ3v) is 4.25. The van der Waals surface area contributed by atoms with E-state index in [2.05, 4.69) is 40.4 Å². The van der Waals surface area contributed by atoms with Crippen LogP contribution in [0.5, 0.6) is 0 Å². The molecule has 5 heteroatoms. The van der Waals surface area contributed by atoms with Crippen LogP contribution < -0.4 is 10.6 Å². The van der Waals surface area contributed by atoms with E-state index in [0.717, 1.165) is 27.0 Å². The molecule has 0 saturated heterocycles. The van der Waals surface area contributed by atoms with E-state index in [-0.39, 0.29) is 11.5 Å². The highest BCUT2D eigenvalue weighted by Crippen LogP contribution is 2.24. The first-order chi connectivity index (χ1) is 11.9. The zero-order valence-corrected chi connectivity index (χ0v) is 16.0. The summed E-state index contributed by atoms with van der Waals surface area (Å²) in [5, 5.41) is 15.2. The van der Waals surface area contributed by atoms with Crippen molar-refractivity contribution in [2.24, 2.45) is 0 Å². The molecule has 0 saturated carbocycles. The van der Waals surface area contributed by atoms with Gasteiger partial charge in [-0.2, -0.15) is 5.26 Å². The number of nitrogens with one attached hydrogen (secondary N) is 2. The Morgan fingerprint density at radius 3 is 2.56 bits per heavy atom. The third-order valence-electron chi connectivity index (χ3n) is 3.76. The topological polar surface area (TPSA) is 64.9 Å². The Morgan fingerprint density at radius 2 is 1.92 bits per heavy atom. The Hall–Kier alpha value is -2.58. The standard InChI is InChI=1S/C20H20BrN3O/c1-13(2)17-6-4-5-7-19(17)24-20(25)15(11-22)12-23-18-9-8-16(21)10-14(18)3/h4-10,12-13,23H,1-3H3,(H,24,25)/b15-12-. The fourth-order valence-electron chi connectivity index (χ4n) is 2.39. The Bertz CT molecular complexity index is 850. The van der Waals surface area contributed by atoms with Gasteiger partial charge in [-0.1, -0.05) is 48.0 Å². The smallest absolute Gasteiger partial charge is 0.267 e. The fourth-order valence-corrected chi connectivity index (χ4v) is 2.87. The molecule has 2 aromatic carbocycles. The van der Waals surface area contributed by atoms with E-state index in [0.29, 0.717) is 0 Å². The molecule has 0 atom stereocenters. The maximum atomic E-state index is 12.4. The van der Waals surface area contributed by atoms with Gasteiger partial charge in [0, 0.05) is 22.0 Å². The molecule has 0 aromatic heterocycles. The lowest BCUT2D eigenvalue weighted by molar-refractivity contribution is -0.112. The van der Waals surface area contributed by atoms with Crippen LogP contribution in [-0.2, 0) is 4.79 Å². The van der Waals surface area contributed by atoms with Crippen molar-refractivity contribution in [3.8, 4) is 6.07 Å². The number of nitriles is 1. The summed E-state index contributed by atoms with van der Waals surface area (Å²) < 4.78 is 0.975. The number of carbonyl (C=O) groups excluding carboxylic acids is 1. The SMILES string of the molecule is Cc1cc(Br)ccc1N/C=C(/C#N)C(=O)Nc1ccccc1C(C)C. The number of amides is 1. The first kappa shape index (κ1) is 18.8. The molecule has 0 aliphatic carbocycles. The normalized spacial score (nSPS) is 11.1. The molecular formula is C20H20BrN3O. The number of anilines is 2. The van der Waals surface area contributed by atoms with Gasteiger partial charge in [-0.3, -0.25) is 4.79 Å². The van der Waals surface area contributed by atoms with E-state index in [1.165, 1.54) is 6.20 Å². The lowest BCUT2D eigenvalue weighted by atomic mass is 10.0. The third kappa shape index (κ3) is 4.94. The van der Waals surface area contributed by atoms with Crippen molar-refractivity contribution in [1.29, 1.82) is 5.26 Å².